The van der Waals surface area contributed by atoms with E-state index in [2.05, 4.69) is 0 Å². The number of aliphatic hydroxyl groups excluding tert-OH is 1. The molecule has 1 heterocycles. The number of amides is 2. The Morgan fingerprint density at radius 3 is 2.75 bits per heavy atom. The van der Waals surface area contributed by atoms with Crippen molar-refractivity contribution in [2.24, 2.45) is 5.73 Å². The second-order valence-corrected chi connectivity index (χ2v) is 4.14. The van der Waals surface area contributed by atoms with Gasteiger partial charge < -0.3 is 15.7 Å². The number of carbonyl (C=O) groups is 1. The maximum absolute atomic E-state index is 11.2. The van der Waals surface area contributed by atoms with Crippen LogP contribution in [-0.4, -0.2) is 34.7 Å². The minimum atomic E-state index is -0.465. The Kier molecular flexibility index (Phi) is 3.10. The molecule has 2 amide bonds. The van der Waals surface area contributed by atoms with Crippen LogP contribution in [0.25, 0.3) is 0 Å². The first-order valence-electron chi connectivity index (χ1n) is 5.46. The largest absolute Gasteiger partial charge is 0.391 e. The molecule has 4 heteroatoms. The Bertz CT molecular complexity index is 367. The Morgan fingerprint density at radius 1 is 1.44 bits per heavy atom. The molecule has 0 unspecified atom stereocenters. The SMILES string of the molecule is NC(=O)N1CC[C@@H](O)[C@H]1Cc1ccccc1. The number of primary amides is 1. The molecule has 0 bridgehead atoms. The van der Waals surface area contributed by atoms with Gasteiger partial charge in [0.05, 0.1) is 12.1 Å². The van der Waals surface area contributed by atoms with Crippen LogP contribution < -0.4 is 5.73 Å². The summed E-state index contributed by atoms with van der Waals surface area (Å²) < 4.78 is 0. The molecule has 1 aromatic rings. The van der Waals surface area contributed by atoms with Crippen LogP contribution in [0.5, 0.6) is 0 Å². The summed E-state index contributed by atoms with van der Waals surface area (Å²) in [4.78, 5) is 12.7. The maximum Gasteiger partial charge on any atom is 0.315 e. The number of hydrogen-bond acceptors (Lipinski definition) is 2. The lowest BCUT2D eigenvalue weighted by Gasteiger charge is -2.24. The quantitative estimate of drug-likeness (QED) is 0.772. The van der Waals surface area contributed by atoms with Gasteiger partial charge in [-0.15, -0.1) is 0 Å². The molecule has 1 aromatic carbocycles. The van der Waals surface area contributed by atoms with Crippen molar-refractivity contribution >= 4 is 6.03 Å². The first-order valence-corrected chi connectivity index (χ1v) is 5.46. The lowest BCUT2D eigenvalue weighted by atomic mass is 10.0. The molecule has 0 radical (unpaired) electrons. The number of likely N-dealkylation sites (tertiary alicyclic amines) is 1. The van der Waals surface area contributed by atoms with Crippen molar-refractivity contribution < 1.29 is 9.90 Å². The summed E-state index contributed by atoms with van der Waals surface area (Å²) in [6.45, 7) is 0.550. The molecule has 4 nitrogen and oxygen atoms in total. The molecular weight excluding hydrogens is 204 g/mol. The van der Waals surface area contributed by atoms with Crippen LogP contribution in [0.3, 0.4) is 0 Å². The first-order chi connectivity index (χ1) is 7.68. The Balaban J connectivity index is 2.10. The second kappa shape index (κ2) is 4.53. The van der Waals surface area contributed by atoms with E-state index >= 15 is 0 Å². The maximum atomic E-state index is 11.2. The van der Waals surface area contributed by atoms with E-state index in [4.69, 9.17) is 5.73 Å². The molecule has 3 N–H and O–H groups in total. The molecule has 0 aromatic heterocycles. The number of urea groups is 1. The monoisotopic (exact) mass is 220 g/mol. The molecule has 1 aliphatic heterocycles. The molecule has 2 atom stereocenters. The van der Waals surface area contributed by atoms with Crippen molar-refractivity contribution in [1.82, 2.24) is 4.90 Å². The van der Waals surface area contributed by atoms with Crippen molar-refractivity contribution in [1.29, 1.82) is 0 Å². The van der Waals surface area contributed by atoms with Crippen molar-refractivity contribution in [3.05, 3.63) is 35.9 Å². The smallest absolute Gasteiger partial charge is 0.315 e. The predicted molar refractivity (Wildman–Crippen MR) is 60.8 cm³/mol. The van der Waals surface area contributed by atoms with Crippen LogP contribution in [0.4, 0.5) is 4.79 Å². The van der Waals surface area contributed by atoms with Gasteiger partial charge in [0.25, 0.3) is 0 Å². The summed E-state index contributed by atoms with van der Waals surface area (Å²) in [5.74, 6) is 0. The lowest BCUT2D eigenvalue weighted by molar-refractivity contribution is 0.125. The predicted octanol–water partition coefficient (Wildman–Crippen LogP) is 0.743. The number of carbonyl (C=O) groups excluding carboxylic acids is 1. The van der Waals surface area contributed by atoms with E-state index in [9.17, 15) is 9.90 Å². The number of benzene rings is 1. The zero-order valence-electron chi connectivity index (χ0n) is 9.04. The highest BCUT2D eigenvalue weighted by Crippen LogP contribution is 2.21. The molecule has 1 aliphatic rings. The fourth-order valence-corrected chi connectivity index (χ4v) is 2.21. The number of nitrogens with two attached hydrogens (primary N) is 1. The van der Waals surface area contributed by atoms with E-state index in [0.717, 1.165) is 5.56 Å². The van der Waals surface area contributed by atoms with Gasteiger partial charge in [0, 0.05) is 6.54 Å². The molecule has 86 valence electrons. The minimum absolute atomic E-state index is 0.181. The molecule has 1 fully saturated rings. The number of rotatable bonds is 2. The average Bonchev–Trinajstić information content (AvgIpc) is 2.62. The van der Waals surface area contributed by atoms with Crippen LogP contribution in [0, 0.1) is 0 Å². The molecule has 2 rings (SSSR count). The summed E-state index contributed by atoms with van der Waals surface area (Å²) >= 11 is 0. The Hall–Kier alpha value is -1.55. The highest BCUT2D eigenvalue weighted by atomic mass is 16.3. The summed E-state index contributed by atoms with van der Waals surface area (Å²) in [6, 6.07) is 9.20. The van der Waals surface area contributed by atoms with E-state index < -0.39 is 12.1 Å². The first kappa shape index (κ1) is 11.0. The summed E-state index contributed by atoms with van der Waals surface area (Å²) in [5.41, 5.74) is 6.39. The second-order valence-electron chi connectivity index (χ2n) is 4.14. The van der Waals surface area contributed by atoms with Gasteiger partial charge in [0.1, 0.15) is 0 Å². The van der Waals surface area contributed by atoms with E-state index in [1.807, 2.05) is 30.3 Å². The molecule has 0 aliphatic carbocycles. The Labute approximate surface area is 94.7 Å². The van der Waals surface area contributed by atoms with Crippen LogP contribution in [0.15, 0.2) is 30.3 Å². The van der Waals surface area contributed by atoms with Gasteiger partial charge in [-0.2, -0.15) is 0 Å². The summed E-state index contributed by atoms with van der Waals surface area (Å²) in [6.07, 6.45) is 0.804. The number of aliphatic hydroxyl groups is 1. The normalized spacial score (nSPS) is 24.7. The van der Waals surface area contributed by atoms with Gasteiger partial charge in [0.2, 0.25) is 0 Å². The van der Waals surface area contributed by atoms with Gasteiger partial charge in [0.15, 0.2) is 0 Å². The Morgan fingerprint density at radius 2 is 2.12 bits per heavy atom. The molecular formula is C12H16N2O2. The fourth-order valence-electron chi connectivity index (χ4n) is 2.21. The highest BCUT2D eigenvalue weighted by molar-refractivity contribution is 5.72. The molecule has 0 spiro atoms. The highest BCUT2D eigenvalue weighted by Gasteiger charge is 2.34. The number of hydrogen-bond donors (Lipinski definition) is 2. The van der Waals surface area contributed by atoms with Crippen molar-refractivity contribution in [3.8, 4) is 0 Å². The van der Waals surface area contributed by atoms with Gasteiger partial charge in [-0.05, 0) is 18.4 Å². The summed E-state index contributed by atoms with van der Waals surface area (Å²) in [5, 5.41) is 9.82. The van der Waals surface area contributed by atoms with E-state index in [-0.39, 0.29) is 6.04 Å². The topological polar surface area (TPSA) is 66.6 Å². The van der Waals surface area contributed by atoms with Gasteiger partial charge in [-0.1, -0.05) is 30.3 Å². The molecule has 1 saturated heterocycles. The van der Waals surface area contributed by atoms with Gasteiger partial charge in [-0.25, -0.2) is 4.79 Å². The third-order valence-corrected chi connectivity index (χ3v) is 3.08. The zero-order valence-corrected chi connectivity index (χ0v) is 9.04. The average molecular weight is 220 g/mol. The van der Waals surface area contributed by atoms with E-state index in [0.29, 0.717) is 19.4 Å². The third-order valence-electron chi connectivity index (χ3n) is 3.08. The molecule has 0 saturated carbocycles. The van der Waals surface area contributed by atoms with E-state index in [1.165, 1.54) is 0 Å². The van der Waals surface area contributed by atoms with Crippen LogP contribution >= 0.6 is 0 Å². The lowest BCUT2D eigenvalue weighted by Crippen LogP contribution is -2.43. The zero-order chi connectivity index (χ0) is 11.5. The van der Waals surface area contributed by atoms with Crippen molar-refractivity contribution in [3.63, 3.8) is 0 Å². The van der Waals surface area contributed by atoms with Gasteiger partial charge >= 0.3 is 6.03 Å². The van der Waals surface area contributed by atoms with E-state index in [1.54, 1.807) is 4.90 Å². The molecule has 16 heavy (non-hydrogen) atoms. The van der Waals surface area contributed by atoms with Crippen molar-refractivity contribution in [2.45, 2.75) is 25.0 Å². The third kappa shape index (κ3) is 2.17. The van der Waals surface area contributed by atoms with Crippen molar-refractivity contribution in [2.75, 3.05) is 6.54 Å². The minimum Gasteiger partial charge on any atom is -0.391 e. The van der Waals surface area contributed by atoms with Gasteiger partial charge in [-0.3, -0.25) is 0 Å². The standard InChI is InChI=1S/C12H16N2O2/c13-12(16)14-7-6-11(15)10(14)8-9-4-2-1-3-5-9/h1-5,10-11,15H,6-8H2,(H2,13,16)/t10-,11-/m1/s1. The number of nitrogens with zero attached hydrogens (tertiary/aromatic N) is 1. The summed E-state index contributed by atoms with van der Waals surface area (Å²) in [7, 11) is 0. The van der Waals surface area contributed by atoms with Crippen LogP contribution in [-0.2, 0) is 6.42 Å². The fraction of sp³-hybridized carbons (Fsp3) is 0.417. The van der Waals surface area contributed by atoms with Crippen LogP contribution in [0.1, 0.15) is 12.0 Å². The van der Waals surface area contributed by atoms with Crippen LogP contribution in [0.2, 0.25) is 0 Å².